The van der Waals surface area contributed by atoms with E-state index in [2.05, 4.69) is 28.2 Å². The van der Waals surface area contributed by atoms with E-state index in [-0.39, 0.29) is 0 Å². The Morgan fingerprint density at radius 3 is 2.71 bits per heavy atom. The lowest BCUT2D eigenvalue weighted by Crippen LogP contribution is -2.26. The highest BCUT2D eigenvalue weighted by atomic mass is 79.9. The van der Waals surface area contributed by atoms with E-state index in [4.69, 9.17) is 23.2 Å². The molecule has 0 heterocycles. The molecule has 0 saturated carbocycles. The molecule has 0 saturated heterocycles. The molecule has 0 spiro atoms. The molecule has 0 aromatic heterocycles. The second kappa shape index (κ2) is 5.96. The van der Waals surface area contributed by atoms with E-state index in [9.17, 15) is 0 Å². The van der Waals surface area contributed by atoms with Crippen LogP contribution in [-0.4, -0.2) is 11.4 Å². The van der Waals surface area contributed by atoms with Crippen molar-refractivity contribution in [1.29, 1.82) is 0 Å². The van der Waals surface area contributed by atoms with Gasteiger partial charge in [0.2, 0.25) is 0 Å². The fourth-order valence-electron chi connectivity index (χ4n) is 1.00. The van der Waals surface area contributed by atoms with Crippen molar-refractivity contribution in [2.75, 3.05) is 5.33 Å². The van der Waals surface area contributed by atoms with E-state index >= 15 is 0 Å². The van der Waals surface area contributed by atoms with E-state index in [1.807, 2.05) is 12.1 Å². The van der Waals surface area contributed by atoms with E-state index in [1.54, 1.807) is 6.07 Å². The van der Waals surface area contributed by atoms with Crippen LogP contribution >= 0.6 is 39.1 Å². The highest BCUT2D eigenvalue weighted by Gasteiger charge is 2.03. The van der Waals surface area contributed by atoms with Crippen molar-refractivity contribution in [2.45, 2.75) is 19.5 Å². The normalized spacial score (nSPS) is 12.9. The minimum atomic E-state index is 0.432. The molecule has 0 amide bonds. The molecular weight excluding hydrogens is 285 g/mol. The monoisotopic (exact) mass is 295 g/mol. The van der Waals surface area contributed by atoms with Gasteiger partial charge in [-0.05, 0) is 24.6 Å². The zero-order valence-electron chi connectivity index (χ0n) is 7.86. The van der Waals surface area contributed by atoms with Gasteiger partial charge < -0.3 is 5.32 Å². The third-order valence-corrected chi connectivity index (χ3v) is 3.45. The Morgan fingerprint density at radius 1 is 1.43 bits per heavy atom. The maximum Gasteiger partial charge on any atom is 0.0465 e. The number of rotatable bonds is 4. The smallest absolute Gasteiger partial charge is 0.0465 e. The van der Waals surface area contributed by atoms with Gasteiger partial charge in [0.05, 0.1) is 0 Å². The summed E-state index contributed by atoms with van der Waals surface area (Å²) in [5.74, 6) is 0. The number of benzene rings is 1. The van der Waals surface area contributed by atoms with Crippen LogP contribution in [0.25, 0.3) is 0 Å². The Kier molecular flexibility index (Phi) is 5.24. The number of alkyl halides is 1. The predicted molar refractivity (Wildman–Crippen MR) is 66.6 cm³/mol. The fraction of sp³-hybridized carbons (Fsp3) is 0.400. The summed E-state index contributed by atoms with van der Waals surface area (Å²) >= 11 is 15.2. The summed E-state index contributed by atoms with van der Waals surface area (Å²) in [7, 11) is 0. The molecule has 1 aromatic rings. The van der Waals surface area contributed by atoms with Crippen LogP contribution in [0.15, 0.2) is 18.2 Å². The van der Waals surface area contributed by atoms with Gasteiger partial charge in [-0.25, -0.2) is 0 Å². The summed E-state index contributed by atoms with van der Waals surface area (Å²) < 4.78 is 0. The third-order valence-electron chi connectivity index (χ3n) is 1.89. The van der Waals surface area contributed by atoms with Crippen LogP contribution in [-0.2, 0) is 6.54 Å². The summed E-state index contributed by atoms with van der Waals surface area (Å²) in [5.41, 5.74) is 1.07. The molecule has 14 heavy (non-hydrogen) atoms. The maximum atomic E-state index is 6.02. The van der Waals surface area contributed by atoms with Crippen LogP contribution in [0.3, 0.4) is 0 Å². The molecule has 0 fully saturated rings. The van der Waals surface area contributed by atoms with Crippen LogP contribution in [0.5, 0.6) is 0 Å². The van der Waals surface area contributed by atoms with Crippen molar-refractivity contribution in [3.8, 4) is 0 Å². The van der Waals surface area contributed by atoms with Crippen molar-refractivity contribution >= 4 is 39.1 Å². The minimum Gasteiger partial charge on any atom is -0.309 e. The van der Waals surface area contributed by atoms with Gasteiger partial charge in [0.1, 0.15) is 0 Å². The summed E-state index contributed by atoms with van der Waals surface area (Å²) in [5, 5.41) is 5.65. The summed E-state index contributed by atoms with van der Waals surface area (Å²) in [6, 6.07) is 5.99. The quantitative estimate of drug-likeness (QED) is 0.832. The van der Waals surface area contributed by atoms with Crippen molar-refractivity contribution in [3.63, 3.8) is 0 Å². The predicted octanol–water partition coefficient (Wildman–Crippen LogP) is 3.87. The minimum absolute atomic E-state index is 0.432. The topological polar surface area (TPSA) is 12.0 Å². The van der Waals surface area contributed by atoms with E-state index in [1.165, 1.54) is 0 Å². The highest BCUT2D eigenvalue weighted by Crippen LogP contribution is 2.20. The van der Waals surface area contributed by atoms with Crippen molar-refractivity contribution in [2.24, 2.45) is 0 Å². The molecule has 1 rings (SSSR count). The molecule has 1 atom stereocenters. The zero-order valence-corrected chi connectivity index (χ0v) is 11.0. The van der Waals surface area contributed by atoms with Crippen LogP contribution in [0.1, 0.15) is 12.5 Å². The molecule has 0 aliphatic carbocycles. The average molecular weight is 297 g/mol. The molecule has 0 radical (unpaired) electrons. The largest absolute Gasteiger partial charge is 0.309 e. The first kappa shape index (κ1) is 12.3. The van der Waals surface area contributed by atoms with Gasteiger partial charge in [0, 0.05) is 28.0 Å². The summed E-state index contributed by atoms with van der Waals surface area (Å²) in [6.07, 6.45) is 0. The van der Waals surface area contributed by atoms with Crippen molar-refractivity contribution in [3.05, 3.63) is 33.8 Å². The first-order valence-electron chi connectivity index (χ1n) is 4.36. The van der Waals surface area contributed by atoms with Gasteiger partial charge in [0.15, 0.2) is 0 Å². The van der Waals surface area contributed by atoms with Crippen molar-refractivity contribution < 1.29 is 0 Å². The van der Waals surface area contributed by atoms with Gasteiger partial charge in [-0.3, -0.25) is 0 Å². The number of halogens is 3. The molecule has 78 valence electrons. The molecule has 0 aliphatic heterocycles. The molecular formula is C10H12BrCl2N. The molecule has 0 aliphatic rings. The number of nitrogens with one attached hydrogen (secondary N) is 1. The third kappa shape index (κ3) is 3.77. The van der Waals surface area contributed by atoms with Gasteiger partial charge in [-0.15, -0.1) is 0 Å². The first-order valence-corrected chi connectivity index (χ1v) is 6.24. The maximum absolute atomic E-state index is 6.02. The molecule has 0 bridgehead atoms. The summed E-state index contributed by atoms with van der Waals surface area (Å²) in [6.45, 7) is 2.88. The van der Waals surface area contributed by atoms with Gasteiger partial charge in [0.25, 0.3) is 0 Å². The number of hydrogen-bond donors (Lipinski definition) is 1. The average Bonchev–Trinajstić information content (AvgIpc) is 2.16. The van der Waals surface area contributed by atoms with Crippen LogP contribution in [0, 0.1) is 0 Å². The van der Waals surface area contributed by atoms with Gasteiger partial charge in [-0.1, -0.05) is 45.2 Å². The fourth-order valence-corrected chi connectivity index (χ4v) is 1.71. The van der Waals surface area contributed by atoms with E-state index in [0.717, 1.165) is 17.4 Å². The SMILES string of the molecule is CC(CBr)NCc1ccc(Cl)cc1Cl. The highest BCUT2D eigenvalue weighted by molar-refractivity contribution is 9.09. The van der Waals surface area contributed by atoms with E-state index in [0.29, 0.717) is 16.1 Å². The number of hydrogen-bond acceptors (Lipinski definition) is 1. The second-order valence-electron chi connectivity index (χ2n) is 3.17. The Balaban J connectivity index is 2.59. The van der Waals surface area contributed by atoms with E-state index < -0.39 is 0 Å². The first-order chi connectivity index (χ1) is 6.63. The molecule has 1 unspecified atom stereocenters. The Labute approximate surface area is 103 Å². The van der Waals surface area contributed by atoms with Gasteiger partial charge in [-0.2, -0.15) is 0 Å². The van der Waals surface area contributed by atoms with Gasteiger partial charge >= 0.3 is 0 Å². The van der Waals surface area contributed by atoms with Crippen LogP contribution in [0.2, 0.25) is 10.0 Å². The standard InChI is InChI=1S/C10H12BrCl2N/c1-7(5-11)14-6-8-2-3-9(12)4-10(8)13/h2-4,7,14H,5-6H2,1H3. The lowest BCUT2D eigenvalue weighted by molar-refractivity contribution is 0.598. The molecule has 1 N–H and O–H groups in total. The lowest BCUT2D eigenvalue weighted by Gasteiger charge is -2.11. The lowest BCUT2D eigenvalue weighted by atomic mass is 10.2. The molecule has 1 nitrogen and oxygen atoms in total. The Morgan fingerprint density at radius 2 is 2.14 bits per heavy atom. The second-order valence-corrected chi connectivity index (χ2v) is 4.66. The molecule has 4 heteroatoms. The van der Waals surface area contributed by atoms with Crippen molar-refractivity contribution in [1.82, 2.24) is 5.32 Å². The Hall–Kier alpha value is 0.240. The summed E-state index contributed by atoms with van der Waals surface area (Å²) in [4.78, 5) is 0. The Bertz CT molecular complexity index is 304. The molecule has 1 aromatic carbocycles. The zero-order chi connectivity index (χ0) is 10.6. The van der Waals surface area contributed by atoms with Crippen LogP contribution in [0.4, 0.5) is 0 Å². The van der Waals surface area contributed by atoms with Crippen LogP contribution < -0.4 is 5.32 Å².